The summed E-state index contributed by atoms with van der Waals surface area (Å²) in [6, 6.07) is 4.31. The lowest BCUT2D eigenvalue weighted by molar-refractivity contribution is 0.0907. The molecule has 0 spiro atoms. The fourth-order valence-electron chi connectivity index (χ4n) is 2.45. The van der Waals surface area contributed by atoms with E-state index in [0.717, 1.165) is 25.7 Å². The van der Waals surface area contributed by atoms with E-state index in [9.17, 15) is 9.18 Å². The van der Waals surface area contributed by atoms with E-state index in [0.29, 0.717) is 10.0 Å². The largest absolute Gasteiger partial charge is 0.294 e. The molecule has 0 bridgehead atoms. The number of halogens is 2. The SMILES string of the molecule is O=C(c1ccc(F)cc1Br)C1CCCCCC1. The molecule has 0 saturated heterocycles. The molecular weight excluding hydrogens is 283 g/mol. The average molecular weight is 299 g/mol. The predicted molar refractivity (Wildman–Crippen MR) is 69.6 cm³/mol. The van der Waals surface area contributed by atoms with Crippen molar-refractivity contribution in [3.8, 4) is 0 Å². The molecule has 0 aromatic heterocycles. The van der Waals surface area contributed by atoms with Crippen molar-refractivity contribution in [2.75, 3.05) is 0 Å². The van der Waals surface area contributed by atoms with Crippen LogP contribution in [0.1, 0.15) is 48.9 Å². The van der Waals surface area contributed by atoms with E-state index in [1.807, 2.05) is 0 Å². The van der Waals surface area contributed by atoms with Gasteiger partial charge in [-0.25, -0.2) is 4.39 Å². The molecule has 1 aromatic rings. The zero-order valence-electron chi connectivity index (χ0n) is 9.72. The van der Waals surface area contributed by atoms with Gasteiger partial charge in [0.15, 0.2) is 5.78 Å². The number of rotatable bonds is 2. The van der Waals surface area contributed by atoms with E-state index in [2.05, 4.69) is 15.9 Å². The first-order valence-corrected chi connectivity index (χ1v) is 6.97. The summed E-state index contributed by atoms with van der Waals surface area (Å²) in [6.07, 6.45) is 6.68. The molecule has 0 unspecified atom stereocenters. The molecule has 3 heteroatoms. The van der Waals surface area contributed by atoms with Crippen LogP contribution in [0, 0.1) is 11.7 Å². The molecule has 92 valence electrons. The highest BCUT2D eigenvalue weighted by molar-refractivity contribution is 9.10. The second-order valence-corrected chi connectivity index (χ2v) is 5.53. The molecule has 1 aliphatic rings. The number of Topliss-reactive ketones (excluding diaryl/α,β-unsaturated/α-hetero) is 1. The third-order valence-corrected chi connectivity index (χ3v) is 4.08. The highest BCUT2D eigenvalue weighted by Gasteiger charge is 2.22. The molecule has 0 aliphatic heterocycles. The summed E-state index contributed by atoms with van der Waals surface area (Å²) in [7, 11) is 0. The fraction of sp³-hybridized carbons (Fsp3) is 0.500. The van der Waals surface area contributed by atoms with Crippen molar-refractivity contribution in [2.45, 2.75) is 38.5 Å². The Bertz CT molecular complexity index is 409. The Morgan fingerprint density at radius 2 is 1.82 bits per heavy atom. The van der Waals surface area contributed by atoms with Gasteiger partial charge in [0.05, 0.1) is 0 Å². The summed E-state index contributed by atoms with van der Waals surface area (Å²) in [5.74, 6) is -0.0210. The van der Waals surface area contributed by atoms with E-state index >= 15 is 0 Å². The maximum atomic E-state index is 13.0. The van der Waals surface area contributed by atoms with Crippen molar-refractivity contribution >= 4 is 21.7 Å². The summed E-state index contributed by atoms with van der Waals surface area (Å²) in [5, 5.41) is 0. The van der Waals surface area contributed by atoms with Gasteiger partial charge in [0.2, 0.25) is 0 Å². The number of ketones is 1. The lowest BCUT2D eigenvalue weighted by Crippen LogP contribution is -2.14. The van der Waals surface area contributed by atoms with Gasteiger partial charge in [0.1, 0.15) is 5.82 Å². The van der Waals surface area contributed by atoms with Gasteiger partial charge >= 0.3 is 0 Å². The zero-order valence-corrected chi connectivity index (χ0v) is 11.3. The number of benzene rings is 1. The molecule has 1 aromatic carbocycles. The van der Waals surface area contributed by atoms with Gasteiger partial charge in [-0.1, -0.05) is 25.7 Å². The van der Waals surface area contributed by atoms with Gasteiger partial charge in [0, 0.05) is 16.0 Å². The Labute approximate surface area is 110 Å². The van der Waals surface area contributed by atoms with Crippen LogP contribution in [-0.4, -0.2) is 5.78 Å². The monoisotopic (exact) mass is 298 g/mol. The maximum absolute atomic E-state index is 13.0. The van der Waals surface area contributed by atoms with Crippen LogP contribution >= 0.6 is 15.9 Å². The Morgan fingerprint density at radius 1 is 1.18 bits per heavy atom. The normalized spacial score (nSPS) is 17.8. The van der Waals surface area contributed by atoms with Crippen molar-refractivity contribution in [2.24, 2.45) is 5.92 Å². The van der Waals surface area contributed by atoms with E-state index in [1.165, 1.54) is 25.0 Å². The van der Waals surface area contributed by atoms with E-state index in [1.54, 1.807) is 6.07 Å². The van der Waals surface area contributed by atoms with Crippen LogP contribution in [0.25, 0.3) is 0 Å². The molecule has 0 amide bonds. The predicted octanol–water partition coefficient (Wildman–Crippen LogP) is 4.74. The van der Waals surface area contributed by atoms with Gasteiger partial charge < -0.3 is 0 Å². The summed E-state index contributed by atoms with van der Waals surface area (Å²) < 4.78 is 13.6. The van der Waals surface area contributed by atoms with Crippen molar-refractivity contribution in [1.29, 1.82) is 0 Å². The third-order valence-electron chi connectivity index (χ3n) is 3.42. The lowest BCUT2D eigenvalue weighted by atomic mass is 9.91. The first-order chi connectivity index (χ1) is 8.18. The van der Waals surface area contributed by atoms with Crippen molar-refractivity contribution in [3.05, 3.63) is 34.1 Å². The van der Waals surface area contributed by atoms with Gasteiger partial charge in [0.25, 0.3) is 0 Å². The van der Waals surface area contributed by atoms with E-state index in [4.69, 9.17) is 0 Å². The first kappa shape index (κ1) is 12.7. The third kappa shape index (κ3) is 3.15. The molecule has 17 heavy (non-hydrogen) atoms. The van der Waals surface area contributed by atoms with Crippen LogP contribution in [0.5, 0.6) is 0 Å². The molecular formula is C14H16BrFO. The molecule has 0 atom stereocenters. The van der Waals surface area contributed by atoms with Gasteiger partial charge in [-0.15, -0.1) is 0 Å². The van der Waals surface area contributed by atoms with Crippen LogP contribution in [0.4, 0.5) is 4.39 Å². The number of carbonyl (C=O) groups excluding carboxylic acids is 1. The second kappa shape index (κ2) is 5.76. The topological polar surface area (TPSA) is 17.1 Å². The van der Waals surface area contributed by atoms with Crippen molar-refractivity contribution < 1.29 is 9.18 Å². The minimum atomic E-state index is -0.311. The minimum absolute atomic E-state index is 0.124. The highest BCUT2D eigenvalue weighted by atomic mass is 79.9. The molecule has 1 saturated carbocycles. The average Bonchev–Trinajstić information content (AvgIpc) is 2.56. The highest BCUT2D eigenvalue weighted by Crippen LogP contribution is 2.29. The molecule has 0 radical (unpaired) electrons. The van der Waals surface area contributed by atoms with Crippen LogP contribution in [0.3, 0.4) is 0 Å². The second-order valence-electron chi connectivity index (χ2n) is 4.68. The molecule has 1 fully saturated rings. The Kier molecular flexibility index (Phi) is 4.32. The summed E-state index contributed by atoms with van der Waals surface area (Å²) >= 11 is 3.27. The summed E-state index contributed by atoms with van der Waals surface area (Å²) in [5.41, 5.74) is 0.623. The standard InChI is InChI=1S/C14H16BrFO/c15-13-9-11(16)7-8-12(13)14(17)10-5-3-1-2-4-6-10/h7-10H,1-6H2. The van der Waals surface area contributed by atoms with Crippen molar-refractivity contribution in [3.63, 3.8) is 0 Å². The Morgan fingerprint density at radius 3 is 2.41 bits per heavy atom. The zero-order chi connectivity index (χ0) is 12.3. The molecule has 0 N–H and O–H groups in total. The number of carbonyl (C=O) groups is 1. The molecule has 1 nitrogen and oxygen atoms in total. The van der Waals surface area contributed by atoms with Gasteiger partial charge in [-0.2, -0.15) is 0 Å². The minimum Gasteiger partial charge on any atom is -0.294 e. The Hall–Kier alpha value is -0.700. The lowest BCUT2D eigenvalue weighted by Gasteiger charge is -2.13. The van der Waals surface area contributed by atoms with Crippen LogP contribution in [-0.2, 0) is 0 Å². The number of hydrogen-bond donors (Lipinski definition) is 0. The summed E-state index contributed by atoms with van der Waals surface area (Å²) in [6.45, 7) is 0. The smallest absolute Gasteiger partial charge is 0.167 e. The summed E-state index contributed by atoms with van der Waals surface area (Å²) in [4.78, 5) is 12.3. The van der Waals surface area contributed by atoms with Crippen LogP contribution < -0.4 is 0 Å². The van der Waals surface area contributed by atoms with Crippen molar-refractivity contribution in [1.82, 2.24) is 0 Å². The van der Waals surface area contributed by atoms with Gasteiger partial charge in [-0.05, 0) is 47.0 Å². The van der Waals surface area contributed by atoms with E-state index < -0.39 is 0 Å². The number of hydrogen-bond acceptors (Lipinski definition) is 1. The van der Waals surface area contributed by atoms with Crippen LogP contribution in [0.15, 0.2) is 22.7 Å². The molecule has 1 aliphatic carbocycles. The molecule has 2 rings (SSSR count). The quantitative estimate of drug-likeness (QED) is 0.569. The maximum Gasteiger partial charge on any atom is 0.167 e. The van der Waals surface area contributed by atoms with Crippen LogP contribution in [0.2, 0.25) is 0 Å². The van der Waals surface area contributed by atoms with E-state index in [-0.39, 0.29) is 17.5 Å². The Balaban J connectivity index is 2.17. The fourth-order valence-corrected chi connectivity index (χ4v) is 3.00. The molecule has 0 heterocycles. The first-order valence-electron chi connectivity index (χ1n) is 6.18. The van der Waals surface area contributed by atoms with Gasteiger partial charge in [-0.3, -0.25) is 4.79 Å².